The van der Waals surface area contributed by atoms with E-state index in [0.29, 0.717) is 16.7 Å². The first kappa shape index (κ1) is 19.9. The summed E-state index contributed by atoms with van der Waals surface area (Å²) in [6, 6.07) is 18.1. The van der Waals surface area contributed by atoms with Crippen LogP contribution in [0.1, 0.15) is 6.92 Å². The molecule has 0 saturated carbocycles. The molecule has 1 fully saturated rings. The molecular formula is C24H24FN3O2. The maximum absolute atomic E-state index is 14.4. The van der Waals surface area contributed by atoms with Gasteiger partial charge in [0, 0.05) is 49.9 Å². The van der Waals surface area contributed by atoms with Crippen molar-refractivity contribution in [3.63, 3.8) is 0 Å². The van der Waals surface area contributed by atoms with Gasteiger partial charge in [-0.1, -0.05) is 36.4 Å². The summed E-state index contributed by atoms with van der Waals surface area (Å²) in [5.41, 5.74) is 3.93. The molecule has 1 aliphatic rings. The number of nitrogens with zero attached hydrogens (tertiary/aromatic N) is 1. The molecule has 1 amide bonds. The SMILES string of the molecule is CC(=O)Nc1ccc(-c2cccc(-c3ccc(N4CCNCC4)cc3)c2O)cc1F. The second-order valence-electron chi connectivity index (χ2n) is 7.36. The Balaban J connectivity index is 1.63. The van der Waals surface area contributed by atoms with Crippen molar-refractivity contribution in [1.82, 2.24) is 5.32 Å². The molecule has 3 aromatic rings. The van der Waals surface area contributed by atoms with E-state index in [1.165, 1.54) is 19.1 Å². The Labute approximate surface area is 175 Å². The fourth-order valence-corrected chi connectivity index (χ4v) is 3.76. The minimum Gasteiger partial charge on any atom is -0.507 e. The number of aromatic hydroxyl groups is 1. The number of hydrogen-bond acceptors (Lipinski definition) is 4. The summed E-state index contributed by atoms with van der Waals surface area (Å²) in [6.07, 6.45) is 0. The fraction of sp³-hybridized carbons (Fsp3) is 0.208. The monoisotopic (exact) mass is 405 g/mol. The zero-order valence-corrected chi connectivity index (χ0v) is 16.8. The van der Waals surface area contributed by atoms with Gasteiger partial charge in [-0.25, -0.2) is 4.39 Å². The van der Waals surface area contributed by atoms with Gasteiger partial charge in [0.25, 0.3) is 0 Å². The van der Waals surface area contributed by atoms with Gasteiger partial charge >= 0.3 is 0 Å². The van der Waals surface area contributed by atoms with Crippen molar-refractivity contribution in [3.05, 3.63) is 66.5 Å². The summed E-state index contributed by atoms with van der Waals surface area (Å²) in [6.45, 7) is 5.22. The van der Waals surface area contributed by atoms with Gasteiger partial charge in [-0.05, 0) is 35.4 Å². The standard InChI is InChI=1S/C24H24FN3O2/c1-16(29)27-23-10-7-18(15-22(23)25)21-4-2-3-20(24(21)30)17-5-8-19(9-6-17)28-13-11-26-12-14-28/h2-10,15,26,30H,11-14H2,1H3,(H,27,29). The van der Waals surface area contributed by atoms with Crippen molar-refractivity contribution >= 4 is 17.3 Å². The van der Waals surface area contributed by atoms with Crippen LogP contribution in [0.25, 0.3) is 22.3 Å². The molecule has 3 N–H and O–H groups in total. The van der Waals surface area contributed by atoms with E-state index in [1.807, 2.05) is 24.3 Å². The Bertz CT molecular complexity index is 1060. The van der Waals surface area contributed by atoms with Gasteiger partial charge in [-0.2, -0.15) is 0 Å². The highest BCUT2D eigenvalue weighted by atomic mass is 19.1. The lowest BCUT2D eigenvalue weighted by Gasteiger charge is -2.29. The minimum absolute atomic E-state index is 0.0964. The zero-order chi connectivity index (χ0) is 21.1. The van der Waals surface area contributed by atoms with Crippen molar-refractivity contribution in [2.75, 3.05) is 36.4 Å². The van der Waals surface area contributed by atoms with Crippen molar-refractivity contribution < 1.29 is 14.3 Å². The van der Waals surface area contributed by atoms with Crippen LogP contribution in [0.15, 0.2) is 60.7 Å². The number of phenols is 1. The number of carbonyl (C=O) groups excluding carboxylic acids is 1. The molecular weight excluding hydrogens is 381 g/mol. The molecule has 0 aliphatic carbocycles. The normalized spacial score (nSPS) is 13.9. The summed E-state index contributed by atoms with van der Waals surface area (Å²) in [4.78, 5) is 13.5. The summed E-state index contributed by atoms with van der Waals surface area (Å²) >= 11 is 0. The first-order valence-corrected chi connectivity index (χ1v) is 9.98. The molecule has 0 aromatic heterocycles. The maximum Gasteiger partial charge on any atom is 0.221 e. The maximum atomic E-state index is 14.4. The molecule has 0 spiro atoms. The molecule has 154 valence electrons. The molecule has 0 unspecified atom stereocenters. The molecule has 3 aromatic carbocycles. The number of piperazine rings is 1. The lowest BCUT2D eigenvalue weighted by Crippen LogP contribution is -2.43. The van der Waals surface area contributed by atoms with Gasteiger partial charge in [0.15, 0.2) is 0 Å². The summed E-state index contributed by atoms with van der Waals surface area (Å²) in [5.74, 6) is -0.789. The van der Waals surface area contributed by atoms with Crippen LogP contribution >= 0.6 is 0 Å². The second-order valence-corrected chi connectivity index (χ2v) is 7.36. The summed E-state index contributed by atoms with van der Waals surface area (Å²) in [5, 5.41) is 16.7. The van der Waals surface area contributed by atoms with Crippen LogP contribution in [0.4, 0.5) is 15.8 Å². The average molecular weight is 405 g/mol. The first-order valence-electron chi connectivity index (χ1n) is 9.98. The number of anilines is 2. The number of hydrogen-bond donors (Lipinski definition) is 3. The predicted molar refractivity (Wildman–Crippen MR) is 118 cm³/mol. The Kier molecular flexibility index (Phi) is 5.68. The van der Waals surface area contributed by atoms with Gasteiger partial charge in [0.1, 0.15) is 11.6 Å². The van der Waals surface area contributed by atoms with E-state index in [1.54, 1.807) is 12.1 Å². The molecule has 1 saturated heterocycles. The van der Waals surface area contributed by atoms with Gasteiger partial charge in [-0.3, -0.25) is 4.79 Å². The van der Waals surface area contributed by atoms with E-state index in [0.717, 1.165) is 37.4 Å². The van der Waals surface area contributed by atoms with E-state index in [4.69, 9.17) is 0 Å². The highest BCUT2D eigenvalue weighted by Gasteiger charge is 2.14. The average Bonchev–Trinajstić information content (AvgIpc) is 2.76. The third kappa shape index (κ3) is 4.14. The molecule has 4 rings (SSSR count). The molecule has 0 radical (unpaired) electrons. The number of carbonyl (C=O) groups is 1. The number of nitrogens with one attached hydrogen (secondary N) is 2. The highest BCUT2D eigenvalue weighted by molar-refractivity contribution is 5.89. The van der Waals surface area contributed by atoms with E-state index in [-0.39, 0.29) is 17.3 Å². The van der Waals surface area contributed by atoms with Gasteiger partial charge in [0.2, 0.25) is 5.91 Å². The largest absolute Gasteiger partial charge is 0.507 e. The molecule has 5 nitrogen and oxygen atoms in total. The summed E-state index contributed by atoms with van der Waals surface area (Å²) in [7, 11) is 0. The smallest absolute Gasteiger partial charge is 0.221 e. The zero-order valence-electron chi connectivity index (χ0n) is 16.8. The van der Waals surface area contributed by atoms with Crippen LogP contribution in [0.5, 0.6) is 5.75 Å². The lowest BCUT2D eigenvalue weighted by atomic mass is 9.97. The van der Waals surface area contributed by atoms with Gasteiger partial charge in [0.05, 0.1) is 5.69 Å². The Morgan fingerprint density at radius 2 is 1.63 bits per heavy atom. The lowest BCUT2D eigenvalue weighted by molar-refractivity contribution is -0.114. The van der Waals surface area contributed by atoms with Crippen molar-refractivity contribution in [3.8, 4) is 28.0 Å². The van der Waals surface area contributed by atoms with Crippen LogP contribution in [0.3, 0.4) is 0 Å². The van der Waals surface area contributed by atoms with Crippen molar-refractivity contribution in [1.29, 1.82) is 0 Å². The fourth-order valence-electron chi connectivity index (χ4n) is 3.76. The van der Waals surface area contributed by atoms with Crippen LogP contribution in [-0.2, 0) is 4.79 Å². The number of rotatable bonds is 4. The van der Waals surface area contributed by atoms with Gasteiger partial charge < -0.3 is 20.6 Å². The molecule has 1 aliphatic heterocycles. The topological polar surface area (TPSA) is 64.6 Å². The molecule has 1 heterocycles. The quantitative estimate of drug-likeness (QED) is 0.608. The number of amides is 1. The minimum atomic E-state index is -0.548. The Hall–Kier alpha value is -3.38. The number of benzene rings is 3. The van der Waals surface area contributed by atoms with Gasteiger partial charge in [-0.15, -0.1) is 0 Å². The van der Waals surface area contributed by atoms with E-state index >= 15 is 0 Å². The van der Waals surface area contributed by atoms with E-state index < -0.39 is 5.82 Å². The highest BCUT2D eigenvalue weighted by Crippen LogP contribution is 2.39. The number of halogens is 1. The molecule has 30 heavy (non-hydrogen) atoms. The van der Waals surface area contributed by atoms with E-state index in [2.05, 4.69) is 27.7 Å². The Morgan fingerprint density at radius 1 is 1.00 bits per heavy atom. The summed E-state index contributed by atoms with van der Waals surface area (Å²) < 4.78 is 14.4. The number of phenolic OH excluding ortho intramolecular Hbond substituents is 1. The third-order valence-corrected chi connectivity index (χ3v) is 5.29. The van der Waals surface area contributed by atoms with Crippen LogP contribution in [-0.4, -0.2) is 37.2 Å². The van der Waals surface area contributed by atoms with Crippen molar-refractivity contribution in [2.45, 2.75) is 6.92 Å². The third-order valence-electron chi connectivity index (χ3n) is 5.29. The molecule has 6 heteroatoms. The second kappa shape index (κ2) is 8.55. The van der Waals surface area contributed by atoms with Crippen LogP contribution < -0.4 is 15.5 Å². The molecule has 0 bridgehead atoms. The predicted octanol–water partition coefficient (Wildman–Crippen LogP) is 4.23. The first-order chi connectivity index (χ1) is 14.5. The Morgan fingerprint density at radius 3 is 2.27 bits per heavy atom. The van der Waals surface area contributed by atoms with E-state index in [9.17, 15) is 14.3 Å². The molecule has 0 atom stereocenters. The van der Waals surface area contributed by atoms with Crippen molar-refractivity contribution in [2.24, 2.45) is 0 Å². The number of para-hydroxylation sites is 1. The van der Waals surface area contributed by atoms with Crippen LogP contribution in [0.2, 0.25) is 0 Å². The van der Waals surface area contributed by atoms with Crippen LogP contribution in [0, 0.1) is 5.82 Å².